The summed E-state index contributed by atoms with van der Waals surface area (Å²) in [6.07, 6.45) is 9.30. The Morgan fingerprint density at radius 1 is 0.875 bits per heavy atom. The molecule has 0 bridgehead atoms. The molecule has 0 aliphatic carbocycles. The third-order valence-electron chi connectivity index (χ3n) is 15.7. The zero-order valence-electron chi connectivity index (χ0n) is 41.4. The van der Waals surface area contributed by atoms with Gasteiger partial charge in [0, 0.05) is 67.8 Å². The van der Waals surface area contributed by atoms with Crippen molar-refractivity contribution in [3.05, 3.63) is 87.4 Å². The fourth-order valence-corrected chi connectivity index (χ4v) is 13.4. The summed E-state index contributed by atoms with van der Waals surface area (Å²) in [5.41, 5.74) is 6.25. The van der Waals surface area contributed by atoms with Gasteiger partial charge in [0.2, 0.25) is 17.8 Å². The summed E-state index contributed by atoms with van der Waals surface area (Å²) < 4.78 is 35.0. The number of piperidine rings is 4. The number of imide groups is 2. The van der Waals surface area contributed by atoms with E-state index in [2.05, 4.69) is 75.6 Å². The average Bonchev–Trinajstić information content (AvgIpc) is 3.62. The number of hydrogen-bond donors (Lipinski definition) is 3. The van der Waals surface area contributed by atoms with E-state index < -0.39 is 36.7 Å². The first-order valence-electron chi connectivity index (χ1n) is 25.0. The van der Waals surface area contributed by atoms with Crippen molar-refractivity contribution < 1.29 is 32.9 Å². The number of aromatic nitrogens is 3. The van der Waals surface area contributed by atoms with Gasteiger partial charge in [0.25, 0.3) is 11.8 Å². The first kappa shape index (κ1) is 49.6. The van der Waals surface area contributed by atoms with E-state index in [1.54, 1.807) is 51.8 Å². The number of nitrogens with zero attached hydrogens (tertiary/aromatic N) is 7. The van der Waals surface area contributed by atoms with Gasteiger partial charge in [0.05, 0.1) is 51.0 Å². The number of ether oxygens (including phenoxy) is 1. The van der Waals surface area contributed by atoms with Crippen LogP contribution in [-0.2, 0) is 20.6 Å². The lowest BCUT2D eigenvalue weighted by Gasteiger charge is -2.48. The Balaban J connectivity index is 0.742. The summed E-state index contributed by atoms with van der Waals surface area (Å²) in [4.78, 5) is 73.8. The van der Waals surface area contributed by atoms with Crippen molar-refractivity contribution in [1.82, 2.24) is 30.1 Å². The topological polar surface area (TPSA) is 182 Å². The lowest BCUT2D eigenvalue weighted by molar-refractivity contribution is -0.136. The van der Waals surface area contributed by atoms with Crippen LogP contribution in [0.3, 0.4) is 0 Å². The molecule has 4 saturated heterocycles. The molecule has 3 aromatic carbocycles. The number of carbonyl (C=O) groups is 4. The number of anilines is 6. The van der Waals surface area contributed by atoms with Crippen LogP contribution in [0.4, 0.5) is 38.9 Å². The van der Waals surface area contributed by atoms with Crippen LogP contribution in [0.2, 0.25) is 0 Å². The third-order valence-corrected chi connectivity index (χ3v) is 17.8. The van der Waals surface area contributed by atoms with Gasteiger partial charge in [-0.25, -0.2) is 9.37 Å². The molecule has 19 heteroatoms. The minimum Gasteiger partial charge on any atom is -0.494 e. The van der Waals surface area contributed by atoms with Crippen LogP contribution >= 0.6 is 23.1 Å². The maximum absolute atomic E-state index is 14.8. The Hall–Kier alpha value is -5.97. The monoisotopic (exact) mass is 1060 g/mol. The minimum absolute atomic E-state index is 0.0906. The number of benzene rings is 3. The maximum Gasteiger partial charge on any atom is 0.264 e. The van der Waals surface area contributed by atoms with Crippen LogP contribution in [-0.4, -0.2) is 121 Å². The highest BCUT2D eigenvalue weighted by Crippen LogP contribution is 2.46. The van der Waals surface area contributed by atoms with Gasteiger partial charge >= 0.3 is 0 Å². The molecule has 1 unspecified atom stereocenters. The van der Waals surface area contributed by atoms with Crippen LogP contribution in [0, 0.1) is 24.1 Å². The molecular formula is C53H61BrFN10O6P. The normalized spacial score (nSPS) is 19.8. The molecule has 0 saturated carbocycles. The fraction of sp³-hybridized carbons (Fsp3) is 0.453. The molecule has 5 aliphatic rings. The number of nitrogens with one attached hydrogen (secondary N) is 3. The highest BCUT2D eigenvalue weighted by molar-refractivity contribution is 9.10. The molecule has 4 fully saturated rings. The number of aryl methyl sites for hydroxylation is 2. The van der Waals surface area contributed by atoms with E-state index in [0.29, 0.717) is 66.3 Å². The van der Waals surface area contributed by atoms with Crippen LogP contribution in [0.25, 0.3) is 10.9 Å². The summed E-state index contributed by atoms with van der Waals surface area (Å²) >= 11 is 3.58. The summed E-state index contributed by atoms with van der Waals surface area (Å²) in [5.74, 6) is -0.387. The minimum atomic E-state index is -2.92. The van der Waals surface area contributed by atoms with E-state index in [-0.39, 0.29) is 24.4 Å². The molecular weight excluding hydrogens is 1000 g/mol. The lowest BCUT2D eigenvalue weighted by Crippen LogP contribution is -2.54. The average molecular weight is 1060 g/mol. The Bertz CT molecular complexity index is 3050. The number of fused-ring (bicyclic) bond motifs is 2. The van der Waals surface area contributed by atoms with E-state index in [4.69, 9.17) is 9.72 Å². The number of likely N-dealkylation sites (tertiary alicyclic amines) is 1. The Morgan fingerprint density at radius 2 is 1.60 bits per heavy atom. The first-order chi connectivity index (χ1) is 34.5. The summed E-state index contributed by atoms with van der Waals surface area (Å²) in [7, 11) is -1.25. The number of hydrogen-bond acceptors (Lipinski definition) is 14. The second-order valence-electron chi connectivity index (χ2n) is 20.5. The molecule has 5 aliphatic heterocycles. The lowest BCUT2D eigenvalue weighted by atomic mass is 9.71. The van der Waals surface area contributed by atoms with Gasteiger partial charge in [-0.1, -0.05) is 13.0 Å². The molecule has 10 rings (SSSR count). The number of methoxy groups -OCH3 is 1. The summed E-state index contributed by atoms with van der Waals surface area (Å²) in [6.45, 7) is 13.8. The van der Waals surface area contributed by atoms with E-state index in [1.165, 1.54) is 30.2 Å². The number of halogens is 2. The van der Waals surface area contributed by atoms with Crippen molar-refractivity contribution in [1.29, 1.82) is 0 Å². The van der Waals surface area contributed by atoms with Gasteiger partial charge < -0.3 is 34.6 Å². The van der Waals surface area contributed by atoms with Gasteiger partial charge in [-0.2, -0.15) is 4.98 Å². The van der Waals surface area contributed by atoms with Crippen molar-refractivity contribution in [3.8, 4) is 5.75 Å². The van der Waals surface area contributed by atoms with E-state index in [0.717, 1.165) is 94.2 Å². The van der Waals surface area contributed by atoms with E-state index in [1.807, 2.05) is 12.1 Å². The molecule has 378 valence electrons. The van der Waals surface area contributed by atoms with Gasteiger partial charge in [0.1, 0.15) is 30.6 Å². The predicted molar refractivity (Wildman–Crippen MR) is 282 cm³/mol. The molecule has 0 radical (unpaired) electrons. The van der Waals surface area contributed by atoms with Crippen molar-refractivity contribution in [2.24, 2.45) is 11.3 Å². The quantitative estimate of drug-likeness (QED) is 0.0799. The van der Waals surface area contributed by atoms with Crippen molar-refractivity contribution in [2.45, 2.75) is 77.7 Å². The van der Waals surface area contributed by atoms with Gasteiger partial charge in [-0.3, -0.25) is 34.4 Å². The summed E-state index contributed by atoms with van der Waals surface area (Å²) in [6, 6.07) is 13.6. The van der Waals surface area contributed by atoms with Gasteiger partial charge in [-0.15, -0.1) is 0 Å². The molecule has 1 atom stereocenters. The van der Waals surface area contributed by atoms with Gasteiger partial charge in [-0.05, 0) is 154 Å². The smallest absolute Gasteiger partial charge is 0.264 e. The predicted octanol–water partition coefficient (Wildman–Crippen LogP) is 8.54. The number of carbonyl (C=O) groups excluding carboxylic acids is 4. The van der Waals surface area contributed by atoms with Crippen molar-refractivity contribution in [2.75, 3.05) is 86.7 Å². The van der Waals surface area contributed by atoms with Crippen molar-refractivity contribution >= 4 is 97.4 Å². The van der Waals surface area contributed by atoms with Crippen LogP contribution in [0.15, 0.2) is 59.2 Å². The molecule has 72 heavy (non-hydrogen) atoms. The van der Waals surface area contributed by atoms with Crippen molar-refractivity contribution in [3.63, 3.8) is 0 Å². The molecule has 3 N–H and O–H groups in total. The largest absolute Gasteiger partial charge is 0.494 e. The number of pyridine rings is 1. The molecule has 5 aromatic rings. The first-order valence-corrected chi connectivity index (χ1v) is 28.4. The second kappa shape index (κ2) is 19.8. The van der Waals surface area contributed by atoms with E-state index >= 15 is 0 Å². The third kappa shape index (κ3) is 9.57. The number of rotatable bonds is 12. The number of amides is 4. The SMILES string of the molecule is CCc1cc(Nc2ncc(Br)c(Nc3ccc4nc(C)c(F)cc4c3P(C)(C)=O)n2)c(OC)cc1N1CCC2(CCN(CC3CCN(c4cccc5c4C(=O)N(C4CCC(=O)NC4=O)C5=O)CC3)CC2)CC1. The fourth-order valence-electron chi connectivity index (χ4n) is 11.6. The zero-order valence-corrected chi connectivity index (χ0v) is 43.9. The molecule has 7 heterocycles. The Kier molecular flexibility index (Phi) is 13.6. The second-order valence-corrected chi connectivity index (χ2v) is 24.5. The highest BCUT2D eigenvalue weighted by Gasteiger charge is 2.46. The standard InChI is InChI=1S/C53H61BrFN10O6P/c1-6-33-26-40(59-52-56-29-36(54)48(61-52)58-39-11-10-38-35(47(39)72(4,5)70)27-37(55)31(2)57-38)44(71-3)28-43(33)64-24-18-53(19-25-64)16-22-62(23-17-53)30-32-14-20-63(21-15-32)41-9-7-8-34-46(41)51(69)65(50(34)68)42-12-13-45(66)60-49(42)67/h7-11,26-29,32,42H,6,12-25,30H2,1-5H3,(H,60,66,67)(H2,56,58,59,61). The van der Waals surface area contributed by atoms with Crippen LogP contribution < -0.4 is 35.8 Å². The Morgan fingerprint density at radius 3 is 2.29 bits per heavy atom. The summed E-state index contributed by atoms with van der Waals surface area (Å²) in [5, 5.41) is 10.0. The highest BCUT2D eigenvalue weighted by atomic mass is 79.9. The van der Waals surface area contributed by atoms with E-state index in [9.17, 15) is 28.1 Å². The molecule has 4 amide bonds. The zero-order chi connectivity index (χ0) is 50.6. The molecule has 16 nitrogen and oxygen atoms in total. The Labute approximate surface area is 427 Å². The molecule has 1 spiro atoms. The van der Waals surface area contributed by atoms with Crippen LogP contribution in [0.1, 0.15) is 90.3 Å². The molecule has 2 aromatic heterocycles. The maximum atomic E-state index is 14.8. The van der Waals surface area contributed by atoms with Gasteiger partial charge in [0.15, 0.2) is 0 Å². The van der Waals surface area contributed by atoms with Crippen LogP contribution in [0.5, 0.6) is 5.75 Å².